The quantitative estimate of drug-likeness (QED) is 0.875. The molecular weight excluding hydrogens is 294 g/mol. The molecule has 112 valence electrons. The van der Waals surface area contributed by atoms with Crippen LogP contribution in [0.5, 0.6) is 0 Å². The topological polar surface area (TPSA) is 44.7 Å². The number of carbonyl (C=O) groups excluding carboxylic acids is 1. The minimum atomic E-state index is -0.115. The second-order valence-corrected chi connectivity index (χ2v) is 5.90. The number of aliphatic imine (C=N–C) groups is 1. The molecule has 0 radical (unpaired) electrons. The number of para-hydroxylation sites is 1. The highest BCUT2D eigenvalue weighted by molar-refractivity contribution is 8.00. The van der Waals surface area contributed by atoms with Gasteiger partial charge >= 0.3 is 6.03 Å². The van der Waals surface area contributed by atoms with Crippen LogP contribution in [0.3, 0.4) is 0 Å². The van der Waals surface area contributed by atoms with Crippen LogP contribution < -0.4 is 5.32 Å². The Labute approximate surface area is 134 Å². The van der Waals surface area contributed by atoms with E-state index in [9.17, 15) is 4.79 Å². The summed E-state index contributed by atoms with van der Waals surface area (Å²) in [7, 11) is 0. The number of urea groups is 1. The SMILES string of the molecule is O=C(Nc1ccccc1)N1CCN=C1CSc1ccccc1. The van der Waals surface area contributed by atoms with Crippen molar-refractivity contribution in [3.63, 3.8) is 0 Å². The number of rotatable bonds is 4. The van der Waals surface area contributed by atoms with Gasteiger partial charge in [-0.15, -0.1) is 11.8 Å². The fourth-order valence-electron chi connectivity index (χ4n) is 2.21. The summed E-state index contributed by atoms with van der Waals surface area (Å²) >= 11 is 1.69. The van der Waals surface area contributed by atoms with Gasteiger partial charge in [-0.2, -0.15) is 0 Å². The Balaban J connectivity index is 1.59. The van der Waals surface area contributed by atoms with Crippen LogP contribution in [-0.4, -0.2) is 35.6 Å². The molecule has 2 aromatic carbocycles. The maximum atomic E-state index is 12.4. The molecule has 1 heterocycles. The number of carbonyl (C=O) groups is 1. The lowest BCUT2D eigenvalue weighted by Crippen LogP contribution is -2.38. The van der Waals surface area contributed by atoms with Gasteiger partial charge < -0.3 is 5.32 Å². The summed E-state index contributed by atoms with van der Waals surface area (Å²) in [5.74, 6) is 1.54. The number of amides is 2. The van der Waals surface area contributed by atoms with Crippen molar-refractivity contribution in [2.75, 3.05) is 24.2 Å². The van der Waals surface area contributed by atoms with Crippen LogP contribution in [0.15, 0.2) is 70.6 Å². The van der Waals surface area contributed by atoms with Crippen molar-refractivity contribution in [1.29, 1.82) is 0 Å². The third-order valence-electron chi connectivity index (χ3n) is 3.31. The van der Waals surface area contributed by atoms with Crippen LogP contribution >= 0.6 is 11.8 Å². The van der Waals surface area contributed by atoms with E-state index in [1.807, 2.05) is 48.5 Å². The van der Waals surface area contributed by atoms with Crippen molar-refractivity contribution in [1.82, 2.24) is 4.90 Å². The lowest BCUT2D eigenvalue weighted by molar-refractivity contribution is 0.236. The Kier molecular flexibility index (Phi) is 4.75. The molecule has 3 rings (SSSR count). The Bertz CT molecular complexity index is 658. The van der Waals surface area contributed by atoms with Crippen molar-refractivity contribution in [3.8, 4) is 0 Å². The fraction of sp³-hybridized carbons (Fsp3) is 0.176. The van der Waals surface area contributed by atoms with E-state index in [1.165, 1.54) is 4.90 Å². The summed E-state index contributed by atoms with van der Waals surface area (Å²) in [6.45, 7) is 1.32. The van der Waals surface area contributed by atoms with Crippen LogP contribution in [0.25, 0.3) is 0 Å². The van der Waals surface area contributed by atoms with E-state index in [1.54, 1.807) is 16.7 Å². The van der Waals surface area contributed by atoms with Gasteiger partial charge in [-0.05, 0) is 24.3 Å². The first-order valence-electron chi connectivity index (χ1n) is 7.18. The zero-order valence-corrected chi connectivity index (χ0v) is 12.9. The molecule has 1 aliphatic rings. The molecule has 2 aromatic rings. The molecule has 0 bridgehead atoms. The zero-order valence-electron chi connectivity index (χ0n) is 12.1. The van der Waals surface area contributed by atoms with Crippen LogP contribution in [0.4, 0.5) is 10.5 Å². The summed E-state index contributed by atoms with van der Waals surface area (Å²) in [6, 6.07) is 19.5. The van der Waals surface area contributed by atoms with Crippen molar-refractivity contribution in [2.45, 2.75) is 4.90 Å². The lowest BCUT2D eigenvalue weighted by atomic mass is 10.3. The van der Waals surface area contributed by atoms with E-state index >= 15 is 0 Å². The van der Waals surface area contributed by atoms with E-state index in [-0.39, 0.29) is 6.03 Å². The van der Waals surface area contributed by atoms with Crippen LogP contribution in [0.1, 0.15) is 0 Å². The lowest BCUT2D eigenvalue weighted by Gasteiger charge is -2.19. The first-order chi connectivity index (χ1) is 10.8. The summed E-state index contributed by atoms with van der Waals surface area (Å²) in [5.41, 5.74) is 0.800. The van der Waals surface area contributed by atoms with Gasteiger partial charge in [0.05, 0.1) is 12.3 Å². The highest BCUT2D eigenvalue weighted by atomic mass is 32.2. The number of nitrogens with zero attached hydrogens (tertiary/aromatic N) is 2. The Hall–Kier alpha value is -2.27. The minimum absolute atomic E-state index is 0.115. The minimum Gasteiger partial charge on any atom is -0.308 e. The highest BCUT2D eigenvalue weighted by Gasteiger charge is 2.23. The summed E-state index contributed by atoms with van der Waals surface area (Å²) < 4.78 is 0. The number of thioether (sulfide) groups is 1. The number of hydrogen-bond donors (Lipinski definition) is 1. The van der Waals surface area contributed by atoms with Crippen molar-refractivity contribution in [3.05, 3.63) is 60.7 Å². The smallest absolute Gasteiger partial charge is 0.308 e. The van der Waals surface area contributed by atoms with Gasteiger partial charge in [0.25, 0.3) is 0 Å². The number of nitrogens with one attached hydrogen (secondary N) is 1. The highest BCUT2D eigenvalue weighted by Crippen LogP contribution is 2.19. The third kappa shape index (κ3) is 3.68. The first kappa shape index (κ1) is 14.7. The molecule has 0 aromatic heterocycles. The van der Waals surface area contributed by atoms with E-state index in [4.69, 9.17) is 0 Å². The van der Waals surface area contributed by atoms with Crippen LogP contribution in [-0.2, 0) is 0 Å². The standard InChI is InChI=1S/C17H17N3OS/c21-17(19-14-7-3-1-4-8-14)20-12-11-18-16(20)13-22-15-9-5-2-6-10-15/h1-10H,11-13H2,(H,19,21). The molecule has 0 spiro atoms. The molecule has 0 saturated heterocycles. The molecule has 22 heavy (non-hydrogen) atoms. The maximum Gasteiger partial charge on any atom is 0.327 e. The zero-order chi connectivity index (χ0) is 15.2. The molecule has 0 fully saturated rings. The molecule has 1 aliphatic heterocycles. The Morgan fingerprint density at radius 2 is 1.77 bits per heavy atom. The molecule has 2 amide bonds. The van der Waals surface area contributed by atoms with E-state index in [0.717, 1.165) is 11.5 Å². The monoisotopic (exact) mass is 311 g/mol. The average molecular weight is 311 g/mol. The van der Waals surface area contributed by atoms with E-state index in [2.05, 4.69) is 22.4 Å². The molecule has 0 atom stereocenters. The summed E-state index contributed by atoms with van der Waals surface area (Å²) in [5, 5.41) is 2.91. The van der Waals surface area contributed by atoms with Gasteiger partial charge in [-0.3, -0.25) is 9.89 Å². The van der Waals surface area contributed by atoms with E-state index < -0.39 is 0 Å². The Morgan fingerprint density at radius 3 is 2.50 bits per heavy atom. The molecule has 0 aliphatic carbocycles. The third-order valence-corrected chi connectivity index (χ3v) is 4.32. The molecule has 0 saturated carbocycles. The number of anilines is 1. The molecule has 1 N–H and O–H groups in total. The first-order valence-corrected chi connectivity index (χ1v) is 8.16. The van der Waals surface area contributed by atoms with E-state index in [0.29, 0.717) is 18.8 Å². The van der Waals surface area contributed by atoms with Gasteiger partial charge in [0, 0.05) is 17.1 Å². The summed E-state index contributed by atoms with van der Waals surface area (Å²) in [4.78, 5) is 19.7. The van der Waals surface area contributed by atoms with Gasteiger partial charge in [-0.1, -0.05) is 36.4 Å². The predicted octanol–water partition coefficient (Wildman–Crippen LogP) is 3.72. The number of benzene rings is 2. The number of amidine groups is 1. The van der Waals surface area contributed by atoms with Crippen LogP contribution in [0, 0.1) is 0 Å². The van der Waals surface area contributed by atoms with Crippen LogP contribution in [0.2, 0.25) is 0 Å². The molecule has 0 unspecified atom stereocenters. The van der Waals surface area contributed by atoms with Crippen molar-refractivity contribution < 1.29 is 4.79 Å². The van der Waals surface area contributed by atoms with Crippen molar-refractivity contribution >= 4 is 29.3 Å². The molecule has 5 heteroatoms. The predicted molar refractivity (Wildman–Crippen MR) is 91.6 cm³/mol. The maximum absolute atomic E-state index is 12.4. The van der Waals surface area contributed by atoms with Gasteiger partial charge in [0.2, 0.25) is 0 Å². The second kappa shape index (κ2) is 7.13. The summed E-state index contributed by atoms with van der Waals surface area (Å²) in [6.07, 6.45) is 0. The van der Waals surface area contributed by atoms with Crippen molar-refractivity contribution in [2.24, 2.45) is 4.99 Å². The molecular formula is C17H17N3OS. The largest absolute Gasteiger partial charge is 0.327 e. The Morgan fingerprint density at radius 1 is 1.09 bits per heavy atom. The number of hydrogen-bond acceptors (Lipinski definition) is 3. The van der Waals surface area contributed by atoms with Gasteiger partial charge in [0.1, 0.15) is 5.84 Å². The molecule has 4 nitrogen and oxygen atoms in total. The second-order valence-electron chi connectivity index (χ2n) is 4.85. The normalized spacial score (nSPS) is 13.8. The average Bonchev–Trinajstić information content (AvgIpc) is 3.03. The van der Waals surface area contributed by atoms with Gasteiger partial charge in [-0.25, -0.2) is 4.79 Å². The van der Waals surface area contributed by atoms with Gasteiger partial charge in [0.15, 0.2) is 0 Å². The fourth-order valence-corrected chi connectivity index (χ4v) is 3.11.